The van der Waals surface area contributed by atoms with E-state index in [0.717, 1.165) is 29.5 Å². The number of halogens is 1. The summed E-state index contributed by atoms with van der Waals surface area (Å²) in [4.78, 5) is 0. The summed E-state index contributed by atoms with van der Waals surface area (Å²) >= 11 is 0. The molecule has 1 unspecified atom stereocenters. The van der Waals surface area contributed by atoms with E-state index in [1.54, 1.807) is 12.1 Å². The molecule has 0 amide bonds. The van der Waals surface area contributed by atoms with Gasteiger partial charge in [0.15, 0.2) is 0 Å². The van der Waals surface area contributed by atoms with Crippen molar-refractivity contribution < 1.29 is 8.81 Å². The van der Waals surface area contributed by atoms with E-state index in [4.69, 9.17) is 4.42 Å². The molecule has 1 aliphatic rings. The average Bonchev–Trinajstić information content (AvgIpc) is 2.84. The van der Waals surface area contributed by atoms with Crippen LogP contribution >= 0.6 is 0 Å². The van der Waals surface area contributed by atoms with E-state index < -0.39 is 0 Å². The molecule has 0 radical (unpaired) electrons. The molecule has 0 saturated heterocycles. The van der Waals surface area contributed by atoms with Crippen LogP contribution in [0.1, 0.15) is 31.9 Å². The molecular formula is C17H20FNO. The highest BCUT2D eigenvalue weighted by Gasteiger charge is 2.23. The van der Waals surface area contributed by atoms with Crippen LogP contribution in [-0.4, -0.2) is 6.04 Å². The SMILES string of the molecule is CC(NCc1ccc(-c2ccc(F)cc2)o1)C1CCC1. The van der Waals surface area contributed by atoms with E-state index in [1.165, 1.54) is 31.4 Å². The molecule has 20 heavy (non-hydrogen) atoms. The molecule has 0 aliphatic heterocycles. The molecule has 1 heterocycles. The van der Waals surface area contributed by atoms with Crippen LogP contribution in [0.5, 0.6) is 0 Å². The zero-order valence-corrected chi connectivity index (χ0v) is 11.7. The third-order valence-corrected chi connectivity index (χ3v) is 4.25. The maximum absolute atomic E-state index is 12.9. The van der Waals surface area contributed by atoms with Crippen molar-refractivity contribution >= 4 is 0 Å². The molecular weight excluding hydrogens is 253 g/mol. The molecule has 3 heteroatoms. The molecule has 1 aromatic carbocycles. The van der Waals surface area contributed by atoms with Crippen LogP contribution in [0.2, 0.25) is 0 Å². The van der Waals surface area contributed by atoms with Gasteiger partial charge >= 0.3 is 0 Å². The summed E-state index contributed by atoms with van der Waals surface area (Å²) in [5, 5.41) is 3.52. The van der Waals surface area contributed by atoms with Crippen molar-refractivity contribution in [1.82, 2.24) is 5.32 Å². The predicted octanol–water partition coefficient (Wildman–Crippen LogP) is 4.36. The fraction of sp³-hybridized carbons (Fsp3) is 0.412. The minimum absolute atomic E-state index is 0.225. The fourth-order valence-electron chi connectivity index (χ4n) is 2.61. The van der Waals surface area contributed by atoms with E-state index in [1.807, 2.05) is 12.1 Å². The van der Waals surface area contributed by atoms with Crippen LogP contribution in [0.4, 0.5) is 4.39 Å². The Morgan fingerprint density at radius 3 is 2.60 bits per heavy atom. The summed E-state index contributed by atoms with van der Waals surface area (Å²) in [6, 6.07) is 10.9. The highest BCUT2D eigenvalue weighted by atomic mass is 19.1. The highest BCUT2D eigenvalue weighted by Crippen LogP contribution is 2.29. The Balaban J connectivity index is 1.60. The predicted molar refractivity (Wildman–Crippen MR) is 77.7 cm³/mol. The lowest BCUT2D eigenvalue weighted by atomic mass is 9.80. The second-order valence-electron chi connectivity index (χ2n) is 5.63. The molecule has 3 rings (SSSR count). The van der Waals surface area contributed by atoms with Gasteiger partial charge in [-0.25, -0.2) is 4.39 Å². The Labute approximate surface area is 119 Å². The van der Waals surface area contributed by atoms with Gasteiger partial charge in [0, 0.05) is 11.6 Å². The number of rotatable bonds is 5. The van der Waals surface area contributed by atoms with Gasteiger partial charge in [0.2, 0.25) is 0 Å². The van der Waals surface area contributed by atoms with E-state index in [2.05, 4.69) is 12.2 Å². The first kappa shape index (κ1) is 13.4. The van der Waals surface area contributed by atoms with Crippen LogP contribution in [0.3, 0.4) is 0 Å². The Hall–Kier alpha value is -1.61. The number of furan rings is 1. The summed E-state index contributed by atoms with van der Waals surface area (Å²) in [5.74, 6) is 2.31. The minimum atomic E-state index is -0.225. The second kappa shape index (κ2) is 5.80. The van der Waals surface area contributed by atoms with Crippen LogP contribution in [0, 0.1) is 11.7 Å². The van der Waals surface area contributed by atoms with Crippen molar-refractivity contribution in [2.24, 2.45) is 5.92 Å². The van der Waals surface area contributed by atoms with Gasteiger partial charge in [-0.3, -0.25) is 0 Å². The lowest BCUT2D eigenvalue weighted by molar-refractivity contribution is 0.236. The lowest BCUT2D eigenvalue weighted by Gasteiger charge is -2.31. The number of hydrogen-bond acceptors (Lipinski definition) is 2. The number of nitrogens with one attached hydrogen (secondary N) is 1. The topological polar surface area (TPSA) is 25.2 Å². The normalized spacial score (nSPS) is 16.9. The Bertz CT molecular complexity index is 557. The van der Waals surface area contributed by atoms with Crippen LogP contribution < -0.4 is 5.32 Å². The monoisotopic (exact) mass is 273 g/mol. The molecule has 106 valence electrons. The quantitative estimate of drug-likeness (QED) is 0.875. The molecule has 1 atom stereocenters. The van der Waals surface area contributed by atoms with Gasteiger partial charge in [-0.2, -0.15) is 0 Å². The molecule has 1 N–H and O–H groups in total. The van der Waals surface area contributed by atoms with Crippen molar-refractivity contribution in [2.45, 2.75) is 38.8 Å². The first-order valence-corrected chi connectivity index (χ1v) is 7.30. The van der Waals surface area contributed by atoms with Gasteiger partial charge in [0.1, 0.15) is 17.3 Å². The number of benzene rings is 1. The zero-order chi connectivity index (χ0) is 13.9. The first-order valence-electron chi connectivity index (χ1n) is 7.30. The Kier molecular flexibility index (Phi) is 3.88. The summed E-state index contributed by atoms with van der Waals surface area (Å²) in [6.07, 6.45) is 4.05. The van der Waals surface area contributed by atoms with E-state index in [0.29, 0.717) is 6.04 Å². The van der Waals surface area contributed by atoms with Crippen molar-refractivity contribution in [3.8, 4) is 11.3 Å². The van der Waals surface area contributed by atoms with Crippen LogP contribution in [0.25, 0.3) is 11.3 Å². The van der Waals surface area contributed by atoms with Crippen molar-refractivity contribution in [1.29, 1.82) is 0 Å². The highest BCUT2D eigenvalue weighted by molar-refractivity contribution is 5.57. The van der Waals surface area contributed by atoms with Crippen LogP contribution in [0.15, 0.2) is 40.8 Å². The molecule has 1 aliphatic carbocycles. The van der Waals surface area contributed by atoms with Crippen LogP contribution in [-0.2, 0) is 6.54 Å². The van der Waals surface area contributed by atoms with E-state index >= 15 is 0 Å². The summed E-state index contributed by atoms with van der Waals surface area (Å²) in [5.41, 5.74) is 0.907. The number of hydrogen-bond donors (Lipinski definition) is 1. The maximum atomic E-state index is 12.9. The van der Waals surface area contributed by atoms with Crippen molar-refractivity contribution in [3.05, 3.63) is 48.0 Å². The third kappa shape index (κ3) is 2.93. The van der Waals surface area contributed by atoms with E-state index in [-0.39, 0.29) is 5.82 Å². The molecule has 1 saturated carbocycles. The van der Waals surface area contributed by atoms with Crippen molar-refractivity contribution in [3.63, 3.8) is 0 Å². The Morgan fingerprint density at radius 1 is 1.20 bits per heavy atom. The summed E-state index contributed by atoms with van der Waals surface area (Å²) in [7, 11) is 0. The fourth-order valence-corrected chi connectivity index (χ4v) is 2.61. The lowest BCUT2D eigenvalue weighted by Crippen LogP contribution is -2.36. The molecule has 0 spiro atoms. The third-order valence-electron chi connectivity index (χ3n) is 4.25. The molecule has 1 aromatic heterocycles. The van der Waals surface area contributed by atoms with Gasteiger partial charge in [-0.1, -0.05) is 6.42 Å². The molecule has 2 nitrogen and oxygen atoms in total. The van der Waals surface area contributed by atoms with Crippen molar-refractivity contribution in [2.75, 3.05) is 0 Å². The standard InChI is InChI=1S/C17H20FNO/c1-12(13-3-2-4-13)19-11-16-9-10-17(20-16)14-5-7-15(18)8-6-14/h5-10,12-13,19H,2-4,11H2,1H3. The molecule has 1 fully saturated rings. The summed E-state index contributed by atoms with van der Waals surface area (Å²) in [6.45, 7) is 2.99. The molecule has 2 aromatic rings. The van der Waals surface area contributed by atoms with Gasteiger partial charge in [0.25, 0.3) is 0 Å². The van der Waals surface area contributed by atoms with Gasteiger partial charge in [0.05, 0.1) is 6.54 Å². The Morgan fingerprint density at radius 2 is 1.95 bits per heavy atom. The van der Waals surface area contributed by atoms with Gasteiger partial charge in [-0.15, -0.1) is 0 Å². The average molecular weight is 273 g/mol. The summed E-state index contributed by atoms with van der Waals surface area (Å²) < 4.78 is 18.7. The largest absolute Gasteiger partial charge is 0.460 e. The van der Waals surface area contributed by atoms with E-state index in [9.17, 15) is 4.39 Å². The van der Waals surface area contributed by atoms with Gasteiger partial charge < -0.3 is 9.73 Å². The smallest absolute Gasteiger partial charge is 0.134 e. The first-order chi connectivity index (χ1) is 9.72. The molecule has 0 bridgehead atoms. The van der Waals surface area contributed by atoms with Gasteiger partial charge in [-0.05, 0) is 62.1 Å². The zero-order valence-electron chi connectivity index (χ0n) is 11.7. The maximum Gasteiger partial charge on any atom is 0.134 e. The minimum Gasteiger partial charge on any atom is -0.460 e. The second-order valence-corrected chi connectivity index (χ2v) is 5.63.